The molecule has 7 heteroatoms. The second kappa shape index (κ2) is 5.88. The maximum atomic E-state index is 11.4. The van der Waals surface area contributed by atoms with Crippen LogP contribution in [0.25, 0.3) is 5.52 Å². The quantitative estimate of drug-likeness (QED) is 0.751. The number of carboxylic acid groups (broad SMARTS) is 1. The van der Waals surface area contributed by atoms with E-state index in [4.69, 9.17) is 9.47 Å². The zero-order chi connectivity index (χ0) is 16.4. The number of carboxylic acids is 1. The molecule has 0 spiro atoms. The van der Waals surface area contributed by atoms with Crippen molar-refractivity contribution in [3.05, 3.63) is 54.1 Å². The van der Waals surface area contributed by atoms with Crippen LogP contribution in [0.3, 0.4) is 0 Å². The summed E-state index contributed by atoms with van der Waals surface area (Å²) in [6.07, 6.45) is 1.69. The fourth-order valence-electron chi connectivity index (χ4n) is 2.31. The Morgan fingerprint density at radius 1 is 1.30 bits per heavy atom. The molecule has 3 rings (SSSR count). The predicted octanol–water partition coefficient (Wildman–Crippen LogP) is 2.33. The zero-order valence-electron chi connectivity index (χ0n) is 12.3. The van der Waals surface area contributed by atoms with E-state index >= 15 is 0 Å². The van der Waals surface area contributed by atoms with Crippen molar-refractivity contribution in [3.63, 3.8) is 0 Å². The number of aromatic carboxylic acids is 1. The minimum atomic E-state index is -1.14. The Morgan fingerprint density at radius 3 is 2.83 bits per heavy atom. The van der Waals surface area contributed by atoms with Gasteiger partial charge in [-0.15, -0.1) is 0 Å². The molecule has 1 aromatic carbocycles. The third kappa shape index (κ3) is 2.76. The van der Waals surface area contributed by atoms with E-state index in [0.717, 1.165) is 0 Å². The van der Waals surface area contributed by atoms with E-state index in [2.05, 4.69) is 4.98 Å². The fraction of sp³-hybridized carbons (Fsp3) is 0.125. The number of aromatic nitrogens is 2. The van der Waals surface area contributed by atoms with Gasteiger partial charge >= 0.3 is 5.97 Å². The van der Waals surface area contributed by atoms with Crippen LogP contribution < -0.4 is 9.47 Å². The first-order valence-electron chi connectivity index (χ1n) is 6.79. The molecule has 2 N–H and O–H groups in total. The van der Waals surface area contributed by atoms with Gasteiger partial charge in [-0.3, -0.25) is 4.40 Å². The number of pyridine rings is 1. The van der Waals surface area contributed by atoms with Crippen LogP contribution >= 0.6 is 0 Å². The highest BCUT2D eigenvalue weighted by Crippen LogP contribution is 2.25. The largest absolute Gasteiger partial charge is 0.508 e. The van der Waals surface area contributed by atoms with E-state index in [9.17, 15) is 15.0 Å². The SMILES string of the molecule is COc1cccn2c(COc3cccc(O)c3)nc(C(=O)O)c12. The lowest BCUT2D eigenvalue weighted by Gasteiger charge is -2.07. The van der Waals surface area contributed by atoms with Gasteiger partial charge in [-0.2, -0.15) is 0 Å². The van der Waals surface area contributed by atoms with Gasteiger partial charge in [0.1, 0.15) is 29.4 Å². The molecule has 0 saturated carbocycles. The fourth-order valence-corrected chi connectivity index (χ4v) is 2.31. The van der Waals surface area contributed by atoms with Crippen molar-refractivity contribution in [2.75, 3.05) is 7.11 Å². The van der Waals surface area contributed by atoms with Crippen molar-refractivity contribution in [3.8, 4) is 17.2 Å². The maximum absolute atomic E-state index is 11.4. The summed E-state index contributed by atoms with van der Waals surface area (Å²) in [6.45, 7) is 0.0467. The average Bonchev–Trinajstić information content (AvgIpc) is 2.92. The standard InChI is InChI=1S/C16H14N2O5/c1-22-12-6-3-7-18-13(17-14(15(12)18)16(20)21)9-23-11-5-2-4-10(19)8-11/h2-8,19H,9H2,1H3,(H,20,21). The molecule has 0 amide bonds. The van der Waals surface area contributed by atoms with E-state index in [1.807, 2.05) is 0 Å². The van der Waals surface area contributed by atoms with Gasteiger partial charge in [-0.1, -0.05) is 6.07 Å². The van der Waals surface area contributed by atoms with Gasteiger partial charge in [0.25, 0.3) is 0 Å². The normalized spacial score (nSPS) is 10.7. The highest BCUT2D eigenvalue weighted by atomic mass is 16.5. The van der Waals surface area contributed by atoms with E-state index in [-0.39, 0.29) is 18.1 Å². The molecule has 2 aromatic heterocycles. The number of phenols is 1. The third-order valence-corrected chi connectivity index (χ3v) is 3.31. The number of ether oxygens (including phenoxy) is 2. The lowest BCUT2D eigenvalue weighted by atomic mass is 10.3. The van der Waals surface area contributed by atoms with Crippen molar-refractivity contribution >= 4 is 11.5 Å². The molecule has 0 saturated heterocycles. The van der Waals surface area contributed by atoms with Gasteiger partial charge in [0.15, 0.2) is 11.5 Å². The smallest absolute Gasteiger partial charge is 0.356 e. The summed E-state index contributed by atoms with van der Waals surface area (Å²) < 4.78 is 12.4. The van der Waals surface area contributed by atoms with Crippen LogP contribution in [0.2, 0.25) is 0 Å². The molecule has 0 atom stereocenters. The molecule has 0 fully saturated rings. The number of benzene rings is 1. The Balaban J connectivity index is 1.99. The monoisotopic (exact) mass is 314 g/mol. The molecule has 3 aromatic rings. The average molecular weight is 314 g/mol. The zero-order valence-corrected chi connectivity index (χ0v) is 12.3. The van der Waals surface area contributed by atoms with Crippen molar-refractivity contribution in [1.82, 2.24) is 9.38 Å². The van der Waals surface area contributed by atoms with Gasteiger partial charge in [0.05, 0.1) is 7.11 Å². The molecule has 0 aliphatic heterocycles. The lowest BCUT2D eigenvalue weighted by Crippen LogP contribution is -2.01. The number of methoxy groups -OCH3 is 1. The lowest BCUT2D eigenvalue weighted by molar-refractivity contribution is 0.0692. The topological polar surface area (TPSA) is 93.3 Å². The Kier molecular flexibility index (Phi) is 3.76. The number of fused-ring (bicyclic) bond motifs is 1. The summed E-state index contributed by atoms with van der Waals surface area (Å²) in [5, 5.41) is 18.8. The highest BCUT2D eigenvalue weighted by Gasteiger charge is 2.20. The van der Waals surface area contributed by atoms with Crippen molar-refractivity contribution < 1.29 is 24.5 Å². The molecule has 23 heavy (non-hydrogen) atoms. The molecule has 0 unspecified atom stereocenters. The van der Waals surface area contributed by atoms with E-state index < -0.39 is 5.97 Å². The Hall–Kier alpha value is -3.22. The van der Waals surface area contributed by atoms with Gasteiger partial charge in [-0.05, 0) is 24.3 Å². The minimum absolute atomic E-state index is 0.0467. The summed E-state index contributed by atoms with van der Waals surface area (Å²) in [5.74, 6) is 0.237. The minimum Gasteiger partial charge on any atom is -0.508 e. The number of aromatic hydroxyl groups is 1. The second-order valence-corrected chi connectivity index (χ2v) is 4.76. The Labute approximate surface area is 131 Å². The van der Waals surface area contributed by atoms with Crippen LogP contribution in [-0.4, -0.2) is 32.7 Å². The van der Waals surface area contributed by atoms with Crippen molar-refractivity contribution in [1.29, 1.82) is 0 Å². The van der Waals surface area contributed by atoms with Gasteiger partial charge in [-0.25, -0.2) is 9.78 Å². The first kappa shape index (κ1) is 14.7. The van der Waals surface area contributed by atoms with Gasteiger partial charge in [0, 0.05) is 12.3 Å². The molecule has 0 bridgehead atoms. The van der Waals surface area contributed by atoms with Crippen LogP contribution in [0.1, 0.15) is 16.3 Å². The van der Waals surface area contributed by atoms with Crippen LogP contribution in [0, 0.1) is 0 Å². The van der Waals surface area contributed by atoms with E-state index in [1.165, 1.54) is 19.2 Å². The van der Waals surface area contributed by atoms with Crippen LogP contribution in [-0.2, 0) is 6.61 Å². The number of hydrogen-bond donors (Lipinski definition) is 2. The summed E-state index contributed by atoms with van der Waals surface area (Å²) in [5.41, 5.74) is 0.272. The summed E-state index contributed by atoms with van der Waals surface area (Å²) in [4.78, 5) is 15.5. The second-order valence-electron chi connectivity index (χ2n) is 4.76. The first-order valence-corrected chi connectivity index (χ1v) is 6.79. The number of nitrogens with zero attached hydrogens (tertiary/aromatic N) is 2. The number of hydrogen-bond acceptors (Lipinski definition) is 5. The number of carbonyl (C=O) groups is 1. The summed E-state index contributed by atoms with van der Waals surface area (Å²) in [6, 6.07) is 9.74. The van der Waals surface area contributed by atoms with Crippen LogP contribution in [0.15, 0.2) is 42.6 Å². The molecule has 0 aliphatic carbocycles. The first-order chi connectivity index (χ1) is 11.1. The number of phenolic OH excluding ortho intramolecular Hbond substituents is 1. The van der Waals surface area contributed by atoms with E-state index in [0.29, 0.717) is 22.8 Å². The molecule has 0 radical (unpaired) electrons. The molecule has 2 heterocycles. The Bertz CT molecular complexity index is 872. The number of rotatable bonds is 5. The maximum Gasteiger partial charge on any atom is 0.356 e. The number of imidazole rings is 1. The molecular formula is C16H14N2O5. The van der Waals surface area contributed by atoms with Gasteiger partial charge < -0.3 is 19.7 Å². The molecular weight excluding hydrogens is 300 g/mol. The van der Waals surface area contributed by atoms with Crippen LogP contribution in [0.4, 0.5) is 0 Å². The van der Waals surface area contributed by atoms with Crippen LogP contribution in [0.5, 0.6) is 17.2 Å². The summed E-state index contributed by atoms with van der Waals surface area (Å²) in [7, 11) is 1.47. The van der Waals surface area contributed by atoms with Crippen molar-refractivity contribution in [2.24, 2.45) is 0 Å². The predicted molar refractivity (Wildman–Crippen MR) is 81.1 cm³/mol. The van der Waals surface area contributed by atoms with Crippen molar-refractivity contribution in [2.45, 2.75) is 6.61 Å². The third-order valence-electron chi connectivity index (χ3n) is 3.31. The van der Waals surface area contributed by atoms with Gasteiger partial charge in [0.2, 0.25) is 0 Å². The highest BCUT2D eigenvalue weighted by molar-refractivity contribution is 5.95. The molecule has 0 aliphatic rings. The molecule has 7 nitrogen and oxygen atoms in total. The Morgan fingerprint density at radius 2 is 2.13 bits per heavy atom. The molecule has 118 valence electrons. The summed E-state index contributed by atoms with van der Waals surface area (Å²) >= 11 is 0. The van der Waals surface area contributed by atoms with E-state index in [1.54, 1.807) is 34.9 Å².